The minimum absolute atomic E-state index is 0.146. The van der Waals surface area contributed by atoms with E-state index in [1.54, 1.807) is 22.9 Å². The highest BCUT2D eigenvalue weighted by Gasteiger charge is 2.16. The van der Waals surface area contributed by atoms with Crippen LogP contribution in [0.15, 0.2) is 66.4 Å². The Morgan fingerprint density at radius 2 is 2.08 bits per heavy atom. The summed E-state index contributed by atoms with van der Waals surface area (Å²) in [4.78, 5) is 23.2. The number of carbonyl (C=O) groups is 1. The van der Waals surface area contributed by atoms with Crippen LogP contribution in [-0.2, 0) is 11.4 Å². The molecule has 0 fully saturated rings. The van der Waals surface area contributed by atoms with Gasteiger partial charge in [0.05, 0.1) is 15.6 Å². The summed E-state index contributed by atoms with van der Waals surface area (Å²) in [6.45, 7) is 2.12. The van der Waals surface area contributed by atoms with E-state index in [0.29, 0.717) is 16.4 Å². The van der Waals surface area contributed by atoms with Gasteiger partial charge < -0.3 is 9.30 Å². The van der Waals surface area contributed by atoms with Gasteiger partial charge in [-0.1, -0.05) is 41.1 Å². The van der Waals surface area contributed by atoms with Crippen LogP contribution in [0.4, 0.5) is 10.8 Å². The first-order valence-electron chi connectivity index (χ1n) is 10.4. The molecule has 0 aliphatic carbocycles. The maximum atomic E-state index is 12.7. The van der Waals surface area contributed by atoms with E-state index in [0.717, 1.165) is 22.6 Å². The Morgan fingerprint density at radius 3 is 2.81 bits per heavy atom. The predicted octanol–water partition coefficient (Wildman–Crippen LogP) is 5.32. The third-order valence-electron chi connectivity index (χ3n) is 4.97. The van der Waals surface area contributed by atoms with Crippen molar-refractivity contribution < 1.29 is 14.5 Å². The maximum Gasteiger partial charge on any atom is 0.271 e. The van der Waals surface area contributed by atoms with Crippen LogP contribution >= 0.6 is 22.9 Å². The highest BCUT2D eigenvalue weighted by atomic mass is 35.5. The molecule has 0 aliphatic rings. The number of anilines is 1. The molecule has 0 saturated heterocycles. The second-order valence-electron chi connectivity index (χ2n) is 7.37. The van der Waals surface area contributed by atoms with E-state index in [1.165, 1.54) is 24.3 Å². The summed E-state index contributed by atoms with van der Waals surface area (Å²) in [7, 11) is 0. The molecule has 2 heterocycles. The van der Waals surface area contributed by atoms with Gasteiger partial charge in [-0.25, -0.2) is 0 Å². The van der Waals surface area contributed by atoms with E-state index in [-0.39, 0.29) is 28.0 Å². The molecular weight excluding hydrogens is 504 g/mol. The van der Waals surface area contributed by atoms with Crippen LogP contribution in [0.2, 0.25) is 5.02 Å². The normalized spacial score (nSPS) is 11.1. The number of non-ortho nitro benzene ring substituents is 1. The third-order valence-corrected chi connectivity index (χ3v) is 6.09. The fourth-order valence-corrected chi connectivity index (χ4v) is 4.13. The summed E-state index contributed by atoms with van der Waals surface area (Å²) in [5, 5.41) is 32.0. The predicted molar refractivity (Wildman–Crippen MR) is 135 cm³/mol. The zero-order chi connectivity index (χ0) is 25.7. The number of hydrogen-bond acceptors (Lipinski definition) is 8. The van der Waals surface area contributed by atoms with Gasteiger partial charge in [-0.3, -0.25) is 20.2 Å². The zero-order valence-electron chi connectivity index (χ0n) is 18.7. The summed E-state index contributed by atoms with van der Waals surface area (Å²) < 4.78 is 7.36. The van der Waals surface area contributed by atoms with Crippen LogP contribution in [0.3, 0.4) is 0 Å². The molecule has 10 nitrogen and oxygen atoms in total. The number of ether oxygens (including phenoxy) is 1. The minimum atomic E-state index is -0.664. The number of hydrogen-bond donors (Lipinski definition) is 1. The van der Waals surface area contributed by atoms with Crippen LogP contribution < -0.4 is 10.1 Å². The molecule has 0 unspecified atom stereocenters. The molecule has 0 radical (unpaired) electrons. The minimum Gasteiger partial charge on any atom is -0.486 e. The SMILES string of the molecule is Cc1ccccc1OCc1nnc(NC(=O)C(C#N)=Cc2cccn2-c2ccc([N+](=O)[O-])cc2Cl)s1. The van der Waals surface area contributed by atoms with Gasteiger partial charge in [0.1, 0.15) is 24.0 Å². The van der Waals surface area contributed by atoms with Gasteiger partial charge in [-0.2, -0.15) is 5.26 Å². The van der Waals surface area contributed by atoms with Crippen LogP contribution in [0, 0.1) is 28.4 Å². The zero-order valence-corrected chi connectivity index (χ0v) is 20.3. The number of aromatic nitrogens is 3. The molecule has 2 aromatic carbocycles. The lowest BCUT2D eigenvalue weighted by atomic mass is 10.2. The standard InChI is InChI=1S/C24H17ClN6O4S/c1-15-5-2-3-7-21(15)35-14-22-28-29-24(36-22)27-23(32)16(13-26)11-17-6-4-10-30(17)20-9-8-18(31(33)34)12-19(20)25/h2-12H,14H2,1H3,(H,27,29,32). The van der Waals surface area contributed by atoms with Crippen LogP contribution in [0.1, 0.15) is 16.3 Å². The molecule has 0 aliphatic heterocycles. The van der Waals surface area contributed by atoms with Gasteiger partial charge in [0.2, 0.25) is 5.13 Å². The Bertz CT molecular complexity index is 1520. The highest BCUT2D eigenvalue weighted by Crippen LogP contribution is 2.28. The molecule has 0 bridgehead atoms. The van der Waals surface area contributed by atoms with Gasteiger partial charge >= 0.3 is 0 Å². The van der Waals surface area contributed by atoms with Crippen molar-refractivity contribution in [2.75, 3.05) is 5.32 Å². The molecule has 0 spiro atoms. The Kier molecular flexibility index (Phi) is 7.39. The fraction of sp³-hybridized carbons (Fsp3) is 0.0833. The Morgan fingerprint density at radius 1 is 1.28 bits per heavy atom. The van der Waals surface area contributed by atoms with Crippen molar-refractivity contribution >= 4 is 45.7 Å². The number of rotatable bonds is 8. The quantitative estimate of drug-likeness (QED) is 0.143. The smallest absolute Gasteiger partial charge is 0.271 e. The van der Waals surface area contributed by atoms with Crippen molar-refractivity contribution in [3.8, 4) is 17.5 Å². The van der Waals surface area contributed by atoms with Crippen LogP contribution in [-0.4, -0.2) is 25.6 Å². The first-order chi connectivity index (χ1) is 17.4. The molecule has 0 atom stereocenters. The summed E-state index contributed by atoms with van der Waals surface area (Å²) in [6, 6.07) is 16.9. The summed E-state index contributed by atoms with van der Waals surface area (Å²) in [5.41, 5.74) is 1.59. The molecule has 36 heavy (non-hydrogen) atoms. The van der Waals surface area contributed by atoms with E-state index in [1.807, 2.05) is 37.3 Å². The monoisotopic (exact) mass is 520 g/mol. The van der Waals surface area contributed by atoms with Gasteiger partial charge in [0, 0.05) is 24.0 Å². The van der Waals surface area contributed by atoms with Crippen molar-refractivity contribution in [2.45, 2.75) is 13.5 Å². The first kappa shape index (κ1) is 24.6. The number of nitrogens with one attached hydrogen (secondary N) is 1. The van der Waals surface area contributed by atoms with Crippen molar-refractivity contribution in [2.24, 2.45) is 0 Å². The van der Waals surface area contributed by atoms with Crippen molar-refractivity contribution in [1.82, 2.24) is 14.8 Å². The topological polar surface area (TPSA) is 136 Å². The Balaban J connectivity index is 1.48. The fourth-order valence-electron chi connectivity index (χ4n) is 3.22. The van der Waals surface area contributed by atoms with Crippen molar-refractivity contribution in [1.29, 1.82) is 5.26 Å². The molecule has 12 heteroatoms. The number of halogens is 1. The first-order valence-corrected chi connectivity index (χ1v) is 11.6. The largest absolute Gasteiger partial charge is 0.486 e. The molecule has 4 rings (SSSR count). The average Bonchev–Trinajstić information content (AvgIpc) is 3.51. The number of nitriles is 1. The number of benzene rings is 2. The Labute approximate surface area is 214 Å². The molecular formula is C24H17ClN6O4S. The second kappa shape index (κ2) is 10.8. The number of para-hydroxylation sites is 1. The molecule has 1 N–H and O–H groups in total. The van der Waals surface area contributed by atoms with Crippen molar-refractivity contribution in [3.05, 3.63) is 97.8 Å². The summed E-state index contributed by atoms with van der Waals surface area (Å²) >= 11 is 7.37. The van der Waals surface area contributed by atoms with E-state index in [4.69, 9.17) is 16.3 Å². The molecule has 0 saturated carbocycles. The van der Waals surface area contributed by atoms with Gasteiger partial charge in [-0.05, 0) is 42.8 Å². The van der Waals surface area contributed by atoms with Gasteiger partial charge in [0.15, 0.2) is 5.01 Å². The number of aryl methyl sites for hydroxylation is 1. The number of amides is 1. The molecule has 4 aromatic rings. The number of carbonyl (C=O) groups excluding carboxylic acids is 1. The van der Waals surface area contributed by atoms with E-state index in [9.17, 15) is 20.2 Å². The number of nitrogens with zero attached hydrogens (tertiary/aromatic N) is 5. The van der Waals surface area contributed by atoms with E-state index in [2.05, 4.69) is 15.5 Å². The Hall–Kier alpha value is -4.53. The summed E-state index contributed by atoms with van der Waals surface area (Å²) in [5.74, 6) is 0.0617. The van der Waals surface area contributed by atoms with Crippen LogP contribution in [0.5, 0.6) is 5.75 Å². The lowest BCUT2D eigenvalue weighted by Crippen LogP contribution is -2.13. The lowest BCUT2D eigenvalue weighted by molar-refractivity contribution is -0.384. The number of nitro benzene ring substituents is 1. The second-order valence-corrected chi connectivity index (χ2v) is 8.84. The lowest BCUT2D eigenvalue weighted by Gasteiger charge is -2.09. The molecule has 180 valence electrons. The third kappa shape index (κ3) is 5.57. The van der Waals surface area contributed by atoms with E-state index >= 15 is 0 Å². The summed E-state index contributed by atoms with van der Waals surface area (Å²) in [6.07, 6.45) is 3.05. The van der Waals surface area contributed by atoms with Gasteiger partial charge in [0.25, 0.3) is 11.6 Å². The van der Waals surface area contributed by atoms with Crippen LogP contribution in [0.25, 0.3) is 11.8 Å². The van der Waals surface area contributed by atoms with E-state index < -0.39 is 10.8 Å². The van der Waals surface area contributed by atoms with Gasteiger partial charge in [-0.15, -0.1) is 10.2 Å². The molecule has 2 aromatic heterocycles. The highest BCUT2D eigenvalue weighted by molar-refractivity contribution is 7.15. The average molecular weight is 521 g/mol. The van der Waals surface area contributed by atoms with Crippen molar-refractivity contribution in [3.63, 3.8) is 0 Å². The molecule has 1 amide bonds. The maximum absolute atomic E-state index is 12.7. The number of nitro groups is 1.